The minimum Gasteiger partial charge on any atom is -0.457 e. The standard InChI is InChI=1S/C26H18Br2F3N5O4/c27-15-3-1-14(2-4-15)22-12-23(26(29,30)31)35-24(34-22)21(13-32-35)25(37)33-17-9-18(36(38)39)11-20(10-17)40-19-7-5-16(28)6-8-19/h1-11,13,22-23,34H,12H2,(H,33,37)/t22-,23+/m0/s1. The highest BCUT2D eigenvalue weighted by molar-refractivity contribution is 9.10. The van der Waals surface area contributed by atoms with E-state index in [0.717, 1.165) is 25.9 Å². The van der Waals surface area contributed by atoms with Gasteiger partial charge in [0.15, 0.2) is 6.04 Å². The van der Waals surface area contributed by atoms with Crippen LogP contribution in [-0.4, -0.2) is 26.8 Å². The van der Waals surface area contributed by atoms with Gasteiger partial charge in [0.05, 0.1) is 28.9 Å². The zero-order valence-corrected chi connectivity index (χ0v) is 23.3. The molecule has 40 heavy (non-hydrogen) atoms. The maximum Gasteiger partial charge on any atom is 0.410 e. The fourth-order valence-electron chi connectivity index (χ4n) is 4.30. The van der Waals surface area contributed by atoms with Crippen LogP contribution in [0.1, 0.15) is 34.4 Å². The molecule has 0 bridgehead atoms. The van der Waals surface area contributed by atoms with Crippen LogP contribution in [0.2, 0.25) is 0 Å². The van der Waals surface area contributed by atoms with Crippen molar-refractivity contribution < 1.29 is 27.6 Å². The second-order valence-electron chi connectivity index (χ2n) is 8.88. The van der Waals surface area contributed by atoms with Gasteiger partial charge in [-0.2, -0.15) is 18.3 Å². The van der Waals surface area contributed by atoms with E-state index in [9.17, 15) is 28.1 Å². The van der Waals surface area contributed by atoms with Gasteiger partial charge in [-0.25, -0.2) is 4.68 Å². The van der Waals surface area contributed by atoms with E-state index < -0.39 is 29.1 Å². The van der Waals surface area contributed by atoms with Crippen molar-refractivity contribution in [2.75, 3.05) is 10.6 Å². The second-order valence-corrected chi connectivity index (χ2v) is 10.7. The summed E-state index contributed by atoms with van der Waals surface area (Å²) in [5.74, 6) is -0.445. The highest BCUT2D eigenvalue weighted by Crippen LogP contribution is 2.44. The second kappa shape index (κ2) is 10.9. The first-order valence-corrected chi connectivity index (χ1v) is 13.3. The van der Waals surface area contributed by atoms with Crippen LogP contribution in [0.15, 0.2) is 81.9 Å². The van der Waals surface area contributed by atoms with Crippen molar-refractivity contribution in [3.8, 4) is 11.5 Å². The predicted octanol–water partition coefficient (Wildman–Crippen LogP) is 8.02. The molecule has 4 aromatic rings. The van der Waals surface area contributed by atoms with E-state index in [1.165, 1.54) is 12.1 Å². The number of halogens is 5. The van der Waals surface area contributed by atoms with Crippen LogP contribution >= 0.6 is 31.9 Å². The van der Waals surface area contributed by atoms with Crippen molar-refractivity contribution in [2.24, 2.45) is 0 Å². The largest absolute Gasteiger partial charge is 0.457 e. The number of rotatable bonds is 6. The minimum absolute atomic E-state index is 0.0129. The molecule has 9 nitrogen and oxygen atoms in total. The third-order valence-electron chi connectivity index (χ3n) is 6.16. The number of anilines is 2. The molecule has 0 aliphatic carbocycles. The van der Waals surface area contributed by atoms with E-state index in [-0.39, 0.29) is 34.9 Å². The van der Waals surface area contributed by atoms with E-state index in [4.69, 9.17) is 4.74 Å². The van der Waals surface area contributed by atoms with Crippen LogP contribution in [0.3, 0.4) is 0 Å². The number of carbonyl (C=O) groups excluding carboxylic acids is 1. The lowest BCUT2D eigenvalue weighted by molar-refractivity contribution is -0.384. The minimum atomic E-state index is -4.62. The SMILES string of the molecule is O=C(Nc1cc(Oc2ccc(Br)cc2)cc([N+](=O)[O-])c1)c1cnn2c1N[C@H](c1ccc(Br)cc1)C[C@@H]2C(F)(F)F. The Bertz CT molecular complexity index is 1580. The van der Waals surface area contributed by atoms with Crippen LogP contribution in [0, 0.1) is 10.1 Å². The molecular weight excluding hydrogens is 663 g/mol. The zero-order chi connectivity index (χ0) is 28.6. The third-order valence-corrected chi connectivity index (χ3v) is 7.22. The van der Waals surface area contributed by atoms with Gasteiger partial charge in [-0.05, 0) is 42.0 Å². The van der Waals surface area contributed by atoms with Crippen molar-refractivity contribution in [1.82, 2.24) is 9.78 Å². The molecule has 0 fully saturated rings. The smallest absolute Gasteiger partial charge is 0.410 e. The highest BCUT2D eigenvalue weighted by Gasteiger charge is 2.47. The van der Waals surface area contributed by atoms with Gasteiger partial charge in [-0.1, -0.05) is 44.0 Å². The zero-order valence-electron chi connectivity index (χ0n) is 20.2. The first-order chi connectivity index (χ1) is 19.0. The Labute approximate surface area is 241 Å². The van der Waals surface area contributed by atoms with Crippen molar-refractivity contribution in [2.45, 2.75) is 24.7 Å². The maximum atomic E-state index is 14.0. The number of hydrogen-bond donors (Lipinski definition) is 2. The van der Waals surface area contributed by atoms with Gasteiger partial charge in [-0.3, -0.25) is 14.9 Å². The van der Waals surface area contributed by atoms with Crippen molar-refractivity contribution in [3.63, 3.8) is 0 Å². The first kappa shape index (κ1) is 27.6. The topological polar surface area (TPSA) is 111 Å². The lowest BCUT2D eigenvalue weighted by Crippen LogP contribution is -2.36. The summed E-state index contributed by atoms with van der Waals surface area (Å²) in [5.41, 5.74) is 0.106. The summed E-state index contributed by atoms with van der Waals surface area (Å²) in [5, 5.41) is 20.9. The Morgan fingerprint density at radius 1 is 1.05 bits per heavy atom. The van der Waals surface area contributed by atoms with E-state index in [0.29, 0.717) is 11.3 Å². The van der Waals surface area contributed by atoms with Gasteiger partial charge in [0, 0.05) is 27.5 Å². The van der Waals surface area contributed by atoms with E-state index in [1.807, 2.05) is 0 Å². The summed E-state index contributed by atoms with van der Waals surface area (Å²) in [6.45, 7) is 0. The molecule has 206 valence electrons. The predicted molar refractivity (Wildman–Crippen MR) is 148 cm³/mol. The molecule has 2 heterocycles. The fourth-order valence-corrected chi connectivity index (χ4v) is 4.83. The molecule has 0 unspecified atom stereocenters. The van der Waals surface area contributed by atoms with Gasteiger partial charge in [-0.15, -0.1) is 0 Å². The lowest BCUT2D eigenvalue weighted by atomic mass is 9.96. The monoisotopic (exact) mass is 679 g/mol. The number of non-ortho nitro benzene ring substituents is 1. The normalized spacial score (nSPS) is 16.5. The Hall–Kier alpha value is -3.91. The number of hydrogen-bond acceptors (Lipinski definition) is 6. The molecule has 3 aromatic carbocycles. The number of alkyl halides is 3. The number of benzene rings is 3. The van der Waals surface area contributed by atoms with E-state index in [2.05, 4.69) is 47.6 Å². The Balaban J connectivity index is 1.45. The Morgan fingerprint density at radius 3 is 2.33 bits per heavy atom. The van der Waals surface area contributed by atoms with Crippen molar-refractivity contribution in [1.29, 1.82) is 0 Å². The molecule has 2 N–H and O–H groups in total. The molecule has 5 rings (SSSR count). The average molecular weight is 681 g/mol. The molecule has 1 aliphatic heterocycles. The molecule has 1 aliphatic rings. The molecular formula is C26H18Br2F3N5O4. The number of nitrogens with zero attached hydrogens (tertiary/aromatic N) is 3. The highest BCUT2D eigenvalue weighted by atomic mass is 79.9. The van der Waals surface area contributed by atoms with Gasteiger partial charge < -0.3 is 15.4 Å². The number of ether oxygens (including phenoxy) is 1. The molecule has 2 atom stereocenters. The molecule has 0 saturated carbocycles. The molecule has 0 spiro atoms. The summed E-state index contributed by atoms with van der Waals surface area (Å²) >= 11 is 6.63. The maximum absolute atomic E-state index is 14.0. The average Bonchev–Trinajstić information content (AvgIpc) is 3.33. The summed E-state index contributed by atoms with van der Waals surface area (Å²) in [4.78, 5) is 24.2. The van der Waals surface area contributed by atoms with Crippen LogP contribution in [-0.2, 0) is 0 Å². The fraction of sp³-hybridized carbons (Fsp3) is 0.154. The molecule has 1 amide bonds. The van der Waals surface area contributed by atoms with Gasteiger partial charge in [0.25, 0.3) is 11.6 Å². The van der Waals surface area contributed by atoms with Crippen LogP contribution < -0.4 is 15.4 Å². The first-order valence-electron chi connectivity index (χ1n) is 11.7. The lowest BCUT2D eigenvalue weighted by Gasteiger charge is -2.34. The van der Waals surface area contributed by atoms with Crippen LogP contribution in [0.4, 0.5) is 30.4 Å². The Morgan fingerprint density at radius 2 is 1.70 bits per heavy atom. The van der Waals surface area contributed by atoms with Crippen LogP contribution in [0.5, 0.6) is 11.5 Å². The third kappa shape index (κ3) is 5.97. The van der Waals surface area contributed by atoms with Crippen molar-refractivity contribution in [3.05, 3.63) is 103 Å². The van der Waals surface area contributed by atoms with Gasteiger partial charge >= 0.3 is 6.18 Å². The summed E-state index contributed by atoms with van der Waals surface area (Å²) in [7, 11) is 0. The number of aromatic nitrogens is 2. The Kier molecular flexibility index (Phi) is 7.55. The number of carbonyl (C=O) groups is 1. The number of nitrogens with one attached hydrogen (secondary N) is 2. The molecule has 0 saturated heterocycles. The van der Waals surface area contributed by atoms with Gasteiger partial charge in [0.2, 0.25) is 0 Å². The van der Waals surface area contributed by atoms with E-state index >= 15 is 0 Å². The van der Waals surface area contributed by atoms with Crippen LogP contribution in [0.25, 0.3) is 0 Å². The number of nitro groups is 1. The summed E-state index contributed by atoms with van der Waals surface area (Å²) < 4.78 is 50.1. The summed E-state index contributed by atoms with van der Waals surface area (Å²) in [6.07, 6.45) is -3.91. The quantitative estimate of drug-likeness (QED) is 0.158. The van der Waals surface area contributed by atoms with Crippen molar-refractivity contribution >= 4 is 55.0 Å². The number of nitro benzene ring substituents is 1. The number of fused-ring (bicyclic) bond motifs is 1. The molecule has 14 heteroatoms. The number of amides is 1. The molecule has 1 aromatic heterocycles. The summed E-state index contributed by atoms with van der Waals surface area (Å²) in [6, 6.07) is 14.5. The molecule has 0 radical (unpaired) electrons. The van der Waals surface area contributed by atoms with E-state index in [1.54, 1.807) is 48.5 Å². The van der Waals surface area contributed by atoms with Gasteiger partial charge in [0.1, 0.15) is 22.9 Å².